The van der Waals surface area contributed by atoms with Crippen LogP contribution in [0.3, 0.4) is 0 Å². The molecule has 0 radical (unpaired) electrons. The first-order chi connectivity index (χ1) is 26.6. The van der Waals surface area contributed by atoms with E-state index in [1.54, 1.807) is 48.5 Å². The van der Waals surface area contributed by atoms with Crippen molar-refractivity contribution >= 4 is 37.1 Å². The summed E-state index contributed by atoms with van der Waals surface area (Å²) in [6.07, 6.45) is 6.87. The number of carbonyl (C=O) groups excluding carboxylic acids is 4. The molecule has 14 heteroatoms. The number of carbonyl (C=O) groups is 4. The Balaban J connectivity index is 1.73. The maximum absolute atomic E-state index is 14.1. The lowest BCUT2D eigenvalue weighted by atomic mass is 9.90. The van der Waals surface area contributed by atoms with Crippen LogP contribution < -0.4 is 20.7 Å². The SMILES string of the molecule is CCCCC[C@@H](C(=O)NCNC(=O)c1ccc(-c2cc(OCC)cc(P(=O)(OCCCC)OCCCC)c2)o1)[C@@H](CC)N(C=O)OC(=O)Cc1ccccc1. The van der Waals surface area contributed by atoms with Gasteiger partial charge in [-0.05, 0) is 68.5 Å². The molecule has 1 aromatic heterocycles. The van der Waals surface area contributed by atoms with E-state index in [1.807, 2.05) is 40.7 Å². The van der Waals surface area contributed by atoms with E-state index in [-0.39, 0.29) is 32.1 Å². The molecule has 3 aromatic rings. The average Bonchev–Trinajstić information content (AvgIpc) is 3.68. The molecule has 3 amide bonds. The van der Waals surface area contributed by atoms with E-state index in [9.17, 15) is 23.7 Å². The summed E-state index contributed by atoms with van der Waals surface area (Å²) in [7, 11) is -3.71. The quantitative estimate of drug-likeness (QED) is 0.0257. The second-order valence-corrected chi connectivity index (χ2v) is 15.1. The van der Waals surface area contributed by atoms with E-state index in [4.69, 9.17) is 23.0 Å². The fourth-order valence-corrected chi connectivity index (χ4v) is 7.55. The maximum Gasteiger partial charge on any atom is 0.361 e. The Labute approximate surface area is 325 Å². The molecule has 2 aromatic carbocycles. The van der Waals surface area contributed by atoms with Crippen molar-refractivity contribution < 1.29 is 46.8 Å². The minimum atomic E-state index is -3.71. The van der Waals surface area contributed by atoms with Gasteiger partial charge in [0.05, 0.1) is 50.2 Å². The third-order valence-corrected chi connectivity index (χ3v) is 10.8. The first kappa shape index (κ1) is 44.9. The van der Waals surface area contributed by atoms with E-state index in [0.717, 1.165) is 49.2 Å². The lowest BCUT2D eigenvalue weighted by Gasteiger charge is -2.31. The molecular formula is C41H58N3O10P. The van der Waals surface area contributed by atoms with Gasteiger partial charge in [0.1, 0.15) is 11.5 Å². The van der Waals surface area contributed by atoms with Gasteiger partial charge < -0.3 is 33.7 Å². The first-order valence-corrected chi connectivity index (χ1v) is 21.0. The molecule has 0 aliphatic rings. The predicted octanol–water partition coefficient (Wildman–Crippen LogP) is 7.74. The fourth-order valence-electron chi connectivity index (χ4n) is 5.86. The second-order valence-electron chi connectivity index (χ2n) is 13.1. The van der Waals surface area contributed by atoms with Crippen LogP contribution in [-0.4, -0.2) is 61.8 Å². The first-order valence-electron chi connectivity index (χ1n) is 19.4. The molecule has 2 atom stereocenters. The largest absolute Gasteiger partial charge is 0.494 e. The Hall–Kier alpha value is -4.45. The molecule has 0 spiro atoms. The highest BCUT2D eigenvalue weighted by atomic mass is 31.2. The number of ether oxygens (including phenoxy) is 1. The monoisotopic (exact) mass is 783 g/mol. The lowest BCUT2D eigenvalue weighted by Crippen LogP contribution is -2.49. The summed E-state index contributed by atoms with van der Waals surface area (Å²) in [5, 5.41) is 6.67. The van der Waals surface area contributed by atoms with Gasteiger partial charge in [0.25, 0.3) is 5.91 Å². The van der Waals surface area contributed by atoms with Crippen molar-refractivity contribution in [1.82, 2.24) is 15.7 Å². The fraction of sp³-hybridized carbons (Fsp3) is 0.512. The smallest absolute Gasteiger partial charge is 0.361 e. The molecule has 3 rings (SSSR count). The van der Waals surface area contributed by atoms with Crippen LogP contribution in [0.1, 0.15) is 109 Å². The van der Waals surface area contributed by atoms with Crippen LogP contribution in [0.25, 0.3) is 11.3 Å². The highest BCUT2D eigenvalue weighted by Gasteiger charge is 2.34. The van der Waals surface area contributed by atoms with Crippen molar-refractivity contribution in [3.63, 3.8) is 0 Å². The van der Waals surface area contributed by atoms with Crippen LogP contribution in [0.2, 0.25) is 0 Å². The number of furan rings is 1. The van der Waals surface area contributed by atoms with Crippen molar-refractivity contribution in [3.05, 3.63) is 72.0 Å². The van der Waals surface area contributed by atoms with Gasteiger partial charge in [-0.1, -0.05) is 90.1 Å². The molecule has 1 heterocycles. The molecule has 0 bridgehead atoms. The van der Waals surface area contributed by atoms with Gasteiger partial charge >= 0.3 is 13.6 Å². The second kappa shape index (κ2) is 24.1. The molecular weight excluding hydrogens is 725 g/mol. The van der Waals surface area contributed by atoms with E-state index >= 15 is 0 Å². The molecule has 0 unspecified atom stereocenters. The van der Waals surface area contributed by atoms with Crippen LogP contribution >= 0.6 is 7.60 Å². The summed E-state index contributed by atoms with van der Waals surface area (Å²) in [6.45, 7) is 10.4. The Kier molecular flexibility index (Phi) is 19.7. The van der Waals surface area contributed by atoms with Crippen molar-refractivity contribution in [3.8, 4) is 17.1 Å². The summed E-state index contributed by atoms with van der Waals surface area (Å²) < 4.78 is 37.5. The van der Waals surface area contributed by atoms with Gasteiger partial charge in [-0.2, -0.15) is 5.06 Å². The van der Waals surface area contributed by atoms with Crippen molar-refractivity contribution in [2.75, 3.05) is 26.5 Å². The number of hydrogen-bond acceptors (Lipinski definition) is 10. The van der Waals surface area contributed by atoms with Gasteiger partial charge in [0, 0.05) is 5.56 Å². The van der Waals surface area contributed by atoms with Gasteiger partial charge in [0.2, 0.25) is 12.3 Å². The van der Waals surface area contributed by atoms with E-state index in [2.05, 4.69) is 10.6 Å². The predicted molar refractivity (Wildman–Crippen MR) is 211 cm³/mol. The zero-order valence-electron chi connectivity index (χ0n) is 32.9. The lowest BCUT2D eigenvalue weighted by molar-refractivity contribution is -0.203. The molecule has 55 heavy (non-hydrogen) atoms. The van der Waals surface area contributed by atoms with Crippen LogP contribution in [0.15, 0.2) is 65.1 Å². The van der Waals surface area contributed by atoms with Crippen LogP contribution in [0.4, 0.5) is 0 Å². The number of amides is 3. The zero-order chi connectivity index (χ0) is 40.1. The molecule has 0 aliphatic carbocycles. The third-order valence-electron chi connectivity index (χ3n) is 8.83. The van der Waals surface area contributed by atoms with Gasteiger partial charge in [-0.25, -0.2) is 4.79 Å². The summed E-state index contributed by atoms with van der Waals surface area (Å²) in [6, 6.07) is 16.4. The average molecular weight is 784 g/mol. The minimum Gasteiger partial charge on any atom is -0.494 e. The summed E-state index contributed by atoms with van der Waals surface area (Å²) in [5.41, 5.74) is 1.24. The van der Waals surface area contributed by atoms with E-state index < -0.39 is 37.3 Å². The Bertz CT molecular complexity index is 1670. The highest BCUT2D eigenvalue weighted by Crippen LogP contribution is 2.49. The third kappa shape index (κ3) is 14.3. The molecule has 302 valence electrons. The summed E-state index contributed by atoms with van der Waals surface area (Å²) >= 11 is 0. The zero-order valence-corrected chi connectivity index (χ0v) is 33.8. The number of unbranched alkanes of at least 4 members (excludes halogenated alkanes) is 4. The van der Waals surface area contributed by atoms with E-state index in [0.29, 0.717) is 54.7 Å². The Morgan fingerprint density at radius 2 is 1.55 bits per heavy atom. The molecule has 13 nitrogen and oxygen atoms in total. The maximum atomic E-state index is 14.1. The van der Waals surface area contributed by atoms with Crippen molar-refractivity contribution in [2.45, 2.75) is 105 Å². The number of hydrogen-bond donors (Lipinski definition) is 2. The topological polar surface area (TPSA) is 163 Å². The molecule has 2 N–H and O–H groups in total. The summed E-state index contributed by atoms with van der Waals surface area (Å²) in [4.78, 5) is 57.1. The molecule has 0 fully saturated rings. The normalized spacial score (nSPS) is 12.4. The van der Waals surface area contributed by atoms with Crippen molar-refractivity contribution in [2.24, 2.45) is 5.92 Å². The van der Waals surface area contributed by atoms with Crippen LogP contribution in [0.5, 0.6) is 5.75 Å². The van der Waals surface area contributed by atoms with E-state index in [1.165, 1.54) is 6.07 Å². The van der Waals surface area contributed by atoms with Gasteiger partial charge in [-0.3, -0.25) is 18.9 Å². The molecule has 0 saturated heterocycles. The molecule has 0 saturated carbocycles. The van der Waals surface area contributed by atoms with Gasteiger partial charge in [0.15, 0.2) is 5.76 Å². The number of hydroxylamine groups is 2. The number of rotatable bonds is 27. The van der Waals surface area contributed by atoms with Crippen molar-refractivity contribution in [1.29, 1.82) is 0 Å². The Morgan fingerprint density at radius 1 is 0.855 bits per heavy atom. The van der Waals surface area contributed by atoms with Crippen LogP contribution in [-0.2, 0) is 39.3 Å². The number of nitrogens with one attached hydrogen (secondary N) is 2. The number of benzene rings is 2. The summed E-state index contributed by atoms with van der Waals surface area (Å²) in [5.74, 6) is -1.56. The number of nitrogens with zero attached hydrogens (tertiary/aromatic N) is 1. The Morgan fingerprint density at radius 3 is 2.16 bits per heavy atom. The minimum absolute atomic E-state index is 0.0161. The van der Waals surface area contributed by atoms with Gasteiger partial charge in [-0.15, -0.1) is 0 Å². The highest BCUT2D eigenvalue weighted by molar-refractivity contribution is 7.62. The standard InChI is InChI=1S/C41H58N3O10P/c1-6-11-15-20-35(36(9-4)44(30-45)54-39(46)25-31-18-16-14-17-19-31)40(47)42-29-43-41(48)38-22-21-37(53-38)32-26-33(50-10-5)28-34(27-32)55(49,51-23-12-7-2)52-24-13-8-3/h14,16-19,21-22,26-28,30,35-36H,6-13,15,20,23-25,29H2,1-5H3,(H,42,47)(H,43,48)/t35-,36-/m1/s1. The van der Waals surface area contributed by atoms with Crippen LogP contribution in [0, 0.1) is 5.92 Å². The molecule has 0 aliphatic heterocycles.